The maximum Gasteiger partial charge on any atom is 0.211 e. The molecule has 0 aromatic heterocycles. The van der Waals surface area contributed by atoms with Crippen LogP contribution in [0.15, 0.2) is 59.3 Å². The molecule has 1 aliphatic rings. The van der Waals surface area contributed by atoms with Crippen LogP contribution in [0, 0.1) is 5.92 Å². The molecule has 0 unspecified atom stereocenters. The third kappa shape index (κ3) is 5.31. The molecule has 2 aromatic rings. The van der Waals surface area contributed by atoms with Gasteiger partial charge in [0.2, 0.25) is 11.6 Å². The van der Waals surface area contributed by atoms with Gasteiger partial charge in [0.15, 0.2) is 5.78 Å². The van der Waals surface area contributed by atoms with Gasteiger partial charge >= 0.3 is 0 Å². The van der Waals surface area contributed by atoms with E-state index in [2.05, 4.69) is 19.2 Å². The summed E-state index contributed by atoms with van der Waals surface area (Å²) < 4.78 is 0. The highest BCUT2D eigenvalue weighted by molar-refractivity contribution is 6.49. The second-order valence-electron chi connectivity index (χ2n) is 7.94. The standard InChI is InChI=1S/C26H28ClNO3/c1-3-17(4-2)8-7-11-22(29)19-14-12-18(13-15-19)16-28-24-23(27)25(30)20-9-5-6-10-21(20)26(24)31/h5-6,9-10,12-15,17,28H,3-4,7-8,11,16H2,1-2H3. The van der Waals surface area contributed by atoms with E-state index in [-0.39, 0.29) is 28.1 Å². The van der Waals surface area contributed by atoms with Gasteiger partial charge in [-0.2, -0.15) is 0 Å². The van der Waals surface area contributed by atoms with Crippen molar-refractivity contribution in [3.8, 4) is 0 Å². The van der Waals surface area contributed by atoms with Crippen molar-refractivity contribution in [3.05, 3.63) is 81.5 Å². The minimum Gasteiger partial charge on any atom is -0.376 e. The molecule has 0 aliphatic heterocycles. The van der Waals surface area contributed by atoms with Crippen LogP contribution in [0.3, 0.4) is 0 Å². The molecule has 4 nitrogen and oxygen atoms in total. The maximum absolute atomic E-state index is 12.7. The summed E-state index contributed by atoms with van der Waals surface area (Å²) in [6.45, 7) is 4.72. The Balaban J connectivity index is 1.59. The quantitative estimate of drug-likeness (QED) is 0.456. The average molecular weight is 438 g/mol. The third-order valence-corrected chi connectivity index (χ3v) is 6.34. The minimum absolute atomic E-state index is 0.0899. The third-order valence-electron chi connectivity index (χ3n) is 5.98. The summed E-state index contributed by atoms with van der Waals surface area (Å²) >= 11 is 6.18. The Morgan fingerprint density at radius 2 is 1.55 bits per heavy atom. The zero-order chi connectivity index (χ0) is 22.4. The largest absolute Gasteiger partial charge is 0.376 e. The van der Waals surface area contributed by atoms with Gasteiger partial charge < -0.3 is 5.32 Å². The fraction of sp³-hybridized carbons (Fsp3) is 0.346. The van der Waals surface area contributed by atoms with E-state index in [4.69, 9.17) is 11.6 Å². The van der Waals surface area contributed by atoms with E-state index in [0.717, 1.165) is 31.2 Å². The first kappa shape index (κ1) is 23.0. The predicted molar refractivity (Wildman–Crippen MR) is 124 cm³/mol. The van der Waals surface area contributed by atoms with Crippen molar-refractivity contribution >= 4 is 29.0 Å². The maximum atomic E-state index is 12.7. The fourth-order valence-electron chi connectivity index (χ4n) is 3.89. The number of rotatable bonds is 10. The zero-order valence-corrected chi connectivity index (χ0v) is 18.8. The first-order chi connectivity index (χ1) is 15.0. The Kier molecular flexibility index (Phi) is 7.80. The molecule has 31 heavy (non-hydrogen) atoms. The smallest absolute Gasteiger partial charge is 0.211 e. The van der Waals surface area contributed by atoms with E-state index in [1.54, 1.807) is 24.3 Å². The second kappa shape index (κ2) is 10.5. The molecule has 0 atom stereocenters. The Bertz CT molecular complexity index is 1000. The number of benzene rings is 2. The number of carbonyl (C=O) groups excluding carboxylic acids is 3. The van der Waals surface area contributed by atoms with Crippen molar-refractivity contribution < 1.29 is 14.4 Å². The molecule has 0 radical (unpaired) electrons. The van der Waals surface area contributed by atoms with Crippen LogP contribution >= 0.6 is 11.6 Å². The lowest BCUT2D eigenvalue weighted by atomic mass is 9.92. The molecule has 0 amide bonds. The molecule has 3 rings (SSSR count). The summed E-state index contributed by atoms with van der Waals surface area (Å²) in [4.78, 5) is 37.6. The zero-order valence-electron chi connectivity index (χ0n) is 18.0. The number of fused-ring (bicyclic) bond motifs is 1. The molecule has 2 aromatic carbocycles. The number of hydrogen-bond acceptors (Lipinski definition) is 4. The molecule has 5 heteroatoms. The lowest BCUT2D eigenvalue weighted by Crippen LogP contribution is -2.28. The first-order valence-electron chi connectivity index (χ1n) is 10.9. The molecule has 0 bridgehead atoms. The molecule has 0 fully saturated rings. The Labute approximate surface area is 188 Å². The topological polar surface area (TPSA) is 63.2 Å². The minimum atomic E-state index is -0.353. The van der Waals surface area contributed by atoms with E-state index in [1.807, 2.05) is 24.3 Å². The number of hydrogen-bond donors (Lipinski definition) is 1. The summed E-state index contributed by atoms with van der Waals surface area (Å²) in [5.74, 6) is 0.211. The van der Waals surface area contributed by atoms with Gasteiger partial charge in [-0.1, -0.05) is 93.2 Å². The van der Waals surface area contributed by atoms with E-state index < -0.39 is 0 Å². The Morgan fingerprint density at radius 3 is 2.16 bits per heavy atom. The molecule has 0 spiro atoms. The number of nitrogens with one attached hydrogen (secondary N) is 1. The van der Waals surface area contributed by atoms with Crippen molar-refractivity contribution in [2.75, 3.05) is 0 Å². The molecule has 0 saturated heterocycles. The van der Waals surface area contributed by atoms with Crippen LogP contribution in [0.5, 0.6) is 0 Å². The van der Waals surface area contributed by atoms with Crippen LogP contribution in [0.4, 0.5) is 0 Å². The van der Waals surface area contributed by atoms with Gasteiger partial charge in [-0.25, -0.2) is 0 Å². The van der Waals surface area contributed by atoms with Crippen molar-refractivity contribution in [1.29, 1.82) is 0 Å². The summed E-state index contributed by atoms with van der Waals surface area (Å²) in [5.41, 5.74) is 2.39. The van der Waals surface area contributed by atoms with Gasteiger partial charge in [0, 0.05) is 29.7 Å². The lowest BCUT2D eigenvalue weighted by Gasteiger charge is -2.19. The molecular weight excluding hydrogens is 410 g/mol. The van der Waals surface area contributed by atoms with Gasteiger partial charge in [-0.05, 0) is 17.9 Å². The summed E-state index contributed by atoms with van der Waals surface area (Å²) in [6.07, 6.45) is 4.89. The van der Waals surface area contributed by atoms with Crippen LogP contribution in [0.1, 0.15) is 82.6 Å². The van der Waals surface area contributed by atoms with Crippen LogP contribution in [0.25, 0.3) is 0 Å². The predicted octanol–water partition coefficient (Wildman–Crippen LogP) is 6.10. The molecule has 0 heterocycles. The second-order valence-corrected chi connectivity index (χ2v) is 8.32. The molecule has 1 aliphatic carbocycles. The number of halogens is 1. The normalized spacial score (nSPS) is 13.5. The van der Waals surface area contributed by atoms with E-state index in [1.165, 1.54) is 0 Å². The van der Waals surface area contributed by atoms with Crippen LogP contribution in [-0.4, -0.2) is 17.3 Å². The van der Waals surface area contributed by atoms with Gasteiger partial charge in [0.25, 0.3) is 0 Å². The van der Waals surface area contributed by atoms with Crippen LogP contribution in [0.2, 0.25) is 0 Å². The summed E-state index contributed by atoms with van der Waals surface area (Å²) in [7, 11) is 0. The highest BCUT2D eigenvalue weighted by Gasteiger charge is 2.30. The van der Waals surface area contributed by atoms with Gasteiger partial charge in [0.05, 0.1) is 0 Å². The van der Waals surface area contributed by atoms with Crippen LogP contribution in [-0.2, 0) is 6.54 Å². The number of ketones is 3. The van der Waals surface area contributed by atoms with Gasteiger partial charge in [-0.3, -0.25) is 14.4 Å². The average Bonchev–Trinajstić information content (AvgIpc) is 2.80. The Morgan fingerprint density at radius 1 is 0.935 bits per heavy atom. The highest BCUT2D eigenvalue weighted by atomic mass is 35.5. The molecule has 0 saturated carbocycles. The van der Waals surface area contributed by atoms with E-state index in [0.29, 0.717) is 35.6 Å². The number of allylic oxidation sites excluding steroid dienone is 2. The Hall–Kier alpha value is -2.72. The van der Waals surface area contributed by atoms with Crippen molar-refractivity contribution in [2.24, 2.45) is 5.92 Å². The van der Waals surface area contributed by atoms with Crippen LogP contribution < -0.4 is 5.32 Å². The summed E-state index contributed by atoms with van der Waals surface area (Å²) in [5, 5.41) is 2.92. The fourth-order valence-corrected chi connectivity index (χ4v) is 4.15. The summed E-state index contributed by atoms with van der Waals surface area (Å²) in [6, 6.07) is 14.0. The first-order valence-corrected chi connectivity index (χ1v) is 11.3. The van der Waals surface area contributed by atoms with Gasteiger partial charge in [0.1, 0.15) is 10.7 Å². The molecular formula is C26H28ClNO3. The van der Waals surface area contributed by atoms with Gasteiger partial charge in [-0.15, -0.1) is 0 Å². The monoisotopic (exact) mass is 437 g/mol. The van der Waals surface area contributed by atoms with Crippen molar-refractivity contribution in [3.63, 3.8) is 0 Å². The number of Topliss-reactive ketones (excluding diaryl/α,β-unsaturated/α-hetero) is 3. The molecule has 162 valence electrons. The van der Waals surface area contributed by atoms with Crippen molar-refractivity contribution in [1.82, 2.24) is 5.32 Å². The van der Waals surface area contributed by atoms with E-state index >= 15 is 0 Å². The lowest BCUT2D eigenvalue weighted by molar-refractivity contribution is 0.0974. The van der Waals surface area contributed by atoms with Crippen molar-refractivity contribution in [2.45, 2.75) is 52.5 Å². The van der Waals surface area contributed by atoms with E-state index in [9.17, 15) is 14.4 Å². The number of carbonyl (C=O) groups is 3. The highest BCUT2D eigenvalue weighted by Crippen LogP contribution is 2.27. The molecule has 1 N–H and O–H groups in total. The SMILES string of the molecule is CCC(CC)CCCC(=O)c1ccc(CNC2=C(Cl)C(=O)c3ccccc3C2=O)cc1.